The summed E-state index contributed by atoms with van der Waals surface area (Å²) < 4.78 is 4.85. The van der Waals surface area contributed by atoms with Gasteiger partial charge in [-0.2, -0.15) is 0 Å². The Hall–Kier alpha value is -1.82. The third-order valence-electron chi connectivity index (χ3n) is 4.59. The maximum absolute atomic E-state index is 12.8. The average molecular weight is 378 g/mol. The number of hydrogen-bond acceptors (Lipinski definition) is 5. The van der Waals surface area contributed by atoms with Crippen molar-refractivity contribution in [1.29, 1.82) is 0 Å². The van der Waals surface area contributed by atoms with Gasteiger partial charge in [-0.3, -0.25) is 9.59 Å². The molecular weight excluding hydrogens is 350 g/mol. The molecule has 0 aromatic heterocycles. The summed E-state index contributed by atoms with van der Waals surface area (Å²) in [4.78, 5) is 36.2. The van der Waals surface area contributed by atoms with Gasteiger partial charge in [0.1, 0.15) is 6.04 Å². The number of fused-ring (bicyclic) bond motifs is 2. The summed E-state index contributed by atoms with van der Waals surface area (Å²) >= 11 is 1.15. The fourth-order valence-corrected chi connectivity index (χ4v) is 3.88. The molecular formula is C20H27NO4S. The first-order valence-corrected chi connectivity index (χ1v) is 10.1. The summed E-state index contributed by atoms with van der Waals surface area (Å²) in [6.07, 6.45) is 5.01. The largest absolute Gasteiger partial charge is 0.467 e. The first-order chi connectivity index (χ1) is 12.5. The predicted octanol–water partition coefficient (Wildman–Crippen LogP) is 2.90. The first-order valence-electron chi connectivity index (χ1n) is 9.09. The normalized spacial score (nSPS) is 21.5. The Morgan fingerprint density at radius 1 is 1.23 bits per heavy atom. The van der Waals surface area contributed by atoms with E-state index in [1.807, 2.05) is 12.1 Å². The van der Waals surface area contributed by atoms with Gasteiger partial charge < -0.3 is 10.1 Å². The van der Waals surface area contributed by atoms with Crippen LogP contribution in [0.3, 0.4) is 0 Å². The van der Waals surface area contributed by atoms with Crippen LogP contribution in [0.4, 0.5) is 0 Å². The summed E-state index contributed by atoms with van der Waals surface area (Å²) in [6.45, 7) is 1.50. The SMILES string of the molecule is COC(=O)[C@@H]1CCCCCc2cccc(c2)C[C@H](CSC(C)=O)C(=O)N1. The van der Waals surface area contributed by atoms with Crippen LogP contribution in [0.1, 0.15) is 43.7 Å². The molecule has 0 unspecified atom stereocenters. The van der Waals surface area contributed by atoms with Crippen LogP contribution in [-0.2, 0) is 32.0 Å². The number of rotatable bonds is 3. The van der Waals surface area contributed by atoms with Crippen molar-refractivity contribution >= 4 is 28.8 Å². The lowest BCUT2D eigenvalue weighted by atomic mass is 9.97. The topological polar surface area (TPSA) is 72.5 Å². The smallest absolute Gasteiger partial charge is 0.328 e. The molecule has 0 radical (unpaired) electrons. The van der Waals surface area contributed by atoms with E-state index in [0.29, 0.717) is 18.6 Å². The molecule has 2 rings (SSSR count). The van der Waals surface area contributed by atoms with Crippen LogP contribution in [0, 0.1) is 5.92 Å². The van der Waals surface area contributed by atoms with Crippen molar-refractivity contribution in [2.24, 2.45) is 5.92 Å². The molecule has 142 valence electrons. The minimum atomic E-state index is -0.624. The molecule has 26 heavy (non-hydrogen) atoms. The van der Waals surface area contributed by atoms with Gasteiger partial charge in [-0.05, 0) is 36.8 Å². The van der Waals surface area contributed by atoms with Crippen LogP contribution in [0.25, 0.3) is 0 Å². The number of amides is 1. The molecule has 1 N–H and O–H groups in total. The lowest BCUT2D eigenvalue weighted by Gasteiger charge is -2.21. The molecule has 0 spiro atoms. The van der Waals surface area contributed by atoms with Crippen molar-refractivity contribution in [2.75, 3.05) is 12.9 Å². The van der Waals surface area contributed by atoms with Crippen LogP contribution < -0.4 is 5.32 Å². The summed E-state index contributed by atoms with van der Waals surface area (Å²) in [5, 5.41) is 2.83. The van der Waals surface area contributed by atoms with Crippen molar-refractivity contribution < 1.29 is 19.1 Å². The average Bonchev–Trinajstić information content (AvgIpc) is 2.63. The fourth-order valence-electron chi connectivity index (χ4n) is 3.18. The Kier molecular flexibility index (Phi) is 8.16. The molecule has 1 aromatic rings. The fraction of sp³-hybridized carbons (Fsp3) is 0.550. The summed E-state index contributed by atoms with van der Waals surface area (Å²) in [5.41, 5.74) is 2.35. The third kappa shape index (κ3) is 6.48. The highest BCUT2D eigenvalue weighted by Gasteiger charge is 2.27. The molecule has 1 heterocycles. The highest BCUT2D eigenvalue weighted by atomic mass is 32.2. The molecule has 5 nitrogen and oxygen atoms in total. The van der Waals surface area contributed by atoms with Crippen molar-refractivity contribution in [3.8, 4) is 0 Å². The highest BCUT2D eigenvalue weighted by molar-refractivity contribution is 8.13. The molecule has 6 heteroatoms. The molecule has 0 aliphatic carbocycles. The summed E-state index contributed by atoms with van der Waals surface area (Å²) in [6, 6.07) is 7.67. The second-order valence-electron chi connectivity index (χ2n) is 6.71. The van der Waals surface area contributed by atoms with Gasteiger partial charge in [-0.25, -0.2) is 4.79 Å². The maximum atomic E-state index is 12.8. The molecule has 2 bridgehead atoms. The Balaban J connectivity index is 2.22. The molecule has 0 fully saturated rings. The van der Waals surface area contributed by atoms with E-state index < -0.39 is 12.0 Å². The van der Waals surface area contributed by atoms with Crippen molar-refractivity contribution in [3.05, 3.63) is 35.4 Å². The number of benzene rings is 1. The van der Waals surface area contributed by atoms with Gasteiger partial charge in [-0.1, -0.05) is 48.9 Å². The minimum Gasteiger partial charge on any atom is -0.467 e. The van der Waals surface area contributed by atoms with Crippen LogP contribution in [0.5, 0.6) is 0 Å². The number of nitrogens with one attached hydrogen (secondary N) is 1. The number of carbonyl (C=O) groups is 3. The summed E-state index contributed by atoms with van der Waals surface area (Å²) in [5.74, 6) is -0.572. The maximum Gasteiger partial charge on any atom is 0.328 e. The molecule has 1 amide bonds. The molecule has 1 aliphatic rings. The van der Waals surface area contributed by atoms with E-state index >= 15 is 0 Å². The van der Waals surface area contributed by atoms with Crippen LogP contribution in [0.15, 0.2) is 24.3 Å². The zero-order valence-corrected chi connectivity index (χ0v) is 16.3. The van der Waals surface area contributed by atoms with E-state index in [0.717, 1.165) is 43.0 Å². The zero-order valence-electron chi connectivity index (χ0n) is 15.5. The third-order valence-corrected chi connectivity index (χ3v) is 5.57. The Morgan fingerprint density at radius 2 is 2.00 bits per heavy atom. The molecule has 0 saturated heterocycles. The van der Waals surface area contributed by atoms with Gasteiger partial charge in [-0.15, -0.1) is 0 Å². The Bertz CT molecular complexity index is 646. The number of hydrogen-bond donors (Lipinski definition) is 1. The van der Waals surface area contributed by atoms with Crippen LogP contribution in [0.2, 0.25) is 0 Å². The van der Waals surface area contributed by atoms with Crippen molar-refractivity contribution in [1.82, 2.24) is 5.32 Å². The predicted molar refractivity (Wildman–Crippen MR) is 103 cm³/mol. The van der Waals surface area contributed by atoms with E-state index in [1.165, 1.54) is 19.6 Å². The van der Waals surface area contributed by atoms with Gasteiger partial charge in [0, 0.05) is 12.7 Å². The van der Waals surface area contributed by atoms with Gasteiger partial charge in [0.05, 0.1) is 13.0 Å². The molecule has 2 atom stereocenters. The van der Waals surface area contributed by atoms with Crippen LogP contribution in [-0.4, -0.2) is 35.9 Å². The standard InChI is InChI=1S/C20H27NO4S/c1-14(22)26-13-17-12-16-9-6-8-15(11-16)7-4-3-5-10-18(20(24)25-2)21-19(17)23/h6,8-9,11,17-18H,3-5,7,10,12-13H2,1-2H3,(H,21,23)/t17-,18+/m1/s1. The van der Waals surface area contributed by atoms with E-state index in [-0.39, 0.29) is 16.9 Å². The number of methoxy groups -OCH3 is 1. The van der Waals surface area contributed by atoms with Gasteiger partial charge >= 0.3 is 5.97 Å². The first kappa shape index (κ1) is 20.5. The molecule has 0 saturated carbocycles. The van der Waals surface area contributed by atoms with Crippen molar-refractivity contribution in [3.63, 3.8) is 0 Å². The van der Waals surface area contributed by atoms with E-state index in [2.05, 4.69) is 17.4 Å². The Morgan fingerprint density at radius 3 is 2.73 bits per heavy atom. The van der Waals surface area contributed by atoms with Crippen LogP contribution >= 0.6 is 11.8 Å². The minimum absolute atomic E-state index is 0.0148. The highest BCUT2D eigenvalue weighted by Crippen LogP contribution is 2.19. The Labute approximate surface area is 159 Å². The second-order valence-corrected chi connectivity index (χ2v) is 7.90. The van der Waals surface area contributed by atoms with E-state index in [1.54, 1.807) is 0 Å². The van der Waals surface area contributed by atoms with Crippen molar-refractivity contribution in [2.45, 2.75) is 51.5 Å². The lowest BCUT2D eigenvalue weighted by molar-refractivity contribution is -0.145. The zero-order chi connectivity index (χ0) is 18.9. The lowest BCUT2D eigenvalue weighted by Crippen LogP contribution is -2.45. The number of aryl methyl sites for hydroxylation is 1. The van der Waals surface area contributed by atoms with Gasteiger partial charge in [0.2, 0.25) is 5.91 Å². The van der Waals surface area contributed by atoms with Gasteiger partial charge in [0.25, 0.3) is 0 Å². The second kappa shape index (κ2) is 10.4. The quantitative estimate of drug-likeness (QED) is 0.820. The molecule has 1 aliphatic heterocycles. The molecule has 1 aromatic carbocycles. The number of ether oxygens (including phenoxy) is 1. The number of thioether (sulfide) groups is 1. The monoisotopic (exact) mass is 377 g/mol. The number of esters is 1. The number of carbonyl (C=O) groups excluding carboxylic acids is 3. The van der Waals surface area contributed by atoms with E-state index in [4.69, 9.17) is 4.74 Å². The van der Waals surface area contributed by atoms with E-state index in [9.17, 15) is 14.4 Å². The summed E-state index contributed by atoms with van der Waals surface area (Å²) in [7, 11) is 1.34. The van der Waals surface area contributed by atoms with Gasteiger partial charge in [0.15, 0.2) is 5.12 Å².